The fourth-order valence-corrected chi connectivity index (χ4v) is 2.04. The van der Waals surface area contributed by atoms with E-state index in [-0.39, 0.29) is 0 Å². The molecule has 2 unspecified atom stereocenters. The van der Waals surface area contributed by atoms with Gasteiger partial charge in [0.25, 0.3) is 0 Å². The van der Waals surface area contributed by atoms with Gasteiger partial charge in [0, 0.05) is 23.1 Å². The zero-order valence-corrected chi connectivity index (χ0v) is 10.4. The summed E-state index contributed by atoms with van der Waals surface area (Å²) < 4.78 is 11.5. The highest BCUT2D eigenvalue weighted by molar-refractivity contribution is 7.86. The maximum absolute atomic E-state index is 11.5. The summed E-state index contributed by atoms with van der Waals surface area (Å²) in [6.45, 7) is 4.15. The Morgan fingerprint density at radius 2 is 2.06 bits per heavy atom. The predicted molar refractivity (Wildman–Crippen MR) is 63.4 cm³/mol. The third-order valence-corrected chi connectivity index (χ3v) is 3.58. The zero-order chi connectivity index (χ0) is 12.6. The number of nitrogens with one attached hydrogen (secondary N) is 2. The van der Waals surface area contributed by atoms with Gasteiger partial charge in [0.2, 0.25) is 5.91 Å². The molecule has 0 saturated carbocycles. The van der Waals surface area contributed by atoms with Gasteiger partial charge in [-0.15, -0.1) is 0 Å². The fourth-order valence-electron chi connectivity index (χ4n) is 0.940. The van der Waals surface area contributed by atoms with E-state index in [1.807, 2.05) is 0 Å². The largest absolute Gasteiger partial charge is 0.338 e. The molecule has 0 aliphatic rings. The summed E-state index contributed by atoms with van der Waals surface area (Å²) in [6.07, 6.45) is 0.603. The summed E-state index contributed by atoms with van der Waals surface area (Å²) in [5.41, 5.74) is 5.27. The molecule has 0 fully saturated rings. The molecule has 0 aromatic rings. The molecule has 0 rings (SSSR count). The Labute approximate surface area is 97.8 Å². The van der Waals surface area contributed by atoms with Crippen LogP contribution in [0.15, 0.2) is 0 Å². The van der Waals surface area contributed by atoms with Crippen molar-refractivity contribution >= 4 is 22.7 Å². The number of hydrogen-bond acceptors (Lipinski definition) is 4. The van der Waals surface area contributed by atoms with E-state index in [2.05, 4.69) is 10.6 Å². The zero-order valence-electron chi connectivity index (χ0n) is 9.62. The molecule has 0 radical (unpaired) electrons. The number of carbonyl (C=O) groups is 2. The molecule has 0 aliphatic heterocycles. The summed E-state index contributed by atoms with van der Waals surface area (Å²) in [4.78, 5) is 22.5. The first-order valence-corrected chi connectivity index (χ1v) is 6.57. The van der Waals surface area contributed by atoms with Crippen molar-refractivity contribution in [2.75, 3.05) is 18.8 Å². The highest BCUT2D eigenvalue weighted by Gasteiger charge is 2.20. The van der Waals surface area contributed by atoms with E-state index in [4.69, 9.17) is 5.73 Å². The van der Waals surface area contributed by atoms with Gasteiger partial charge in [-0.25, -0.2) is 4.79 Å². The second kappa shape index (κ2) is 8.23. The van der Waals surface area contributed by atoms with Gasteiger partial charge in [0.1, 0.15) is 5.25 Å². The van der Waals surface area contributed by atoms with E-state index in [1.54, 1.807) is 6.92 Å². The van der Waals surface area contributed by atoms with Crippen molar-refractivity contribution in [3.8, 4) is 0 Å². The number of urea groups is 1. The molecule has 0 spiro atoms. The molecule has 94 valence electrons. The first-order chi connectivity index (χ1) is 7.52. The molecule has 0 aliphatic carbocycles. The van der Waals surface area contributed by atoms with Crippen LogP contribution >= 0.6 is 0 Å². The monoisotopic (exact) mass is 249 g/mol. The number of amides is 3. The van der Waals surface area contributed by atoms with E-state index >= 15 is 0 Å². The van der Waals surface area contributed by atoms with Crippen LogP contribution in [0.4, 0.5) is 4.79 Å². The number of nitrogens with two attached hydrogens (primary N) is 1. The van der Waals surface area contributed by atoms with Crippen LogP contribution in [0.3, 0.4) is 0 Å². The van der Waals surface area contributed by atoms with E-state index < -0.39 is 28.0 Å². The summed E-state index contributed by atoms with van der Waals surface area (Å²) in [5, 5.41) is 3.85. The van der Waals surface area contributed by atoms with Gasteiger partial charge in [-0.1, -0.05) is 0 Å². The fraction of sp³-hybridized carbons (Fsp3) is 0.778. The normalized spacial score (nSPS) is 13.9. The van der Waals surface area contributed by atoms with Crippen molar-refractivity contribution in [3.05, 3.63) is 0 Å². The highest BCUT2D eigenvalue weighted by Crippen LogP contribution is 1.98. The number of carbonyl (C=O) groups excluding carboxylic acids is 2. The Hall–Kier alpha value is -0.950. The molecule has 0 aromatic heterocycles. The minimum Gasteiger partial charge on any atom is -0.338 e. The quantitative estimate of drug-likeness (QED) is 0.580. The van der Waals surface area contributed by atoms with Crippen molar-refractivity contribution in [1.82, 2.24) is 10.6 Å². The maximum atomic E-state index is 11.5. The van der Waals surface area contributed by atoms with Gasteiger partial charge in [0.15, 0.2) is 0 Å². The Bertz CT molecular complexity index is 271. The average molecular weight is 249 g/mol. The van der Waals surface area contributed by atoms with Crippen molar-refractivity contribution in [2.45, 2.75) is 25.5 Å². The van der Waals surface area contributed by atoms with Crippen LogP contribution in [0.25, 0.3) is 0 Å². The van der Waals surface area contributed by atoms with E-state index in [0.29, 0.717) is 25.3 Å². The Balaban J connectivity index is 4.07. The minimum absolute atomic E-state index is 0.375. The van der Waals surface area contributed by atoms with Crippen LogP contribution in [0.1, 0.15) is 20.3 Å². The summed E-state index contributed by atoms with van der Waals surface area (Å²) in [6, 6.07) is -0.560. The van der Waals surface area contributed by atoms with Crippen molar-refractivity contribution in [2.24, 2.45) is 5.73 Å². The first-order valence-electron chi connectivity index (χ1n) is 5.18. The Morgan fingerprint density at radius 1 is 1.44 bits per heavy atom. The topological polar surface area (TPSA) is 101 Å². The van der Waals surface area contributed by atoms with Crippen molar-refractivity contribution < 1.29 is 13.8 Å². The maximum Gasteiger partial charge on any atom is 0.321 e. The number of rotatable bonds is 6. The standard InChI is InChI=1S/C9H19N3O3S/c1-3-11-9(14)12-8(13)7(2)16(15)6-4-5-10/h7H,3-6,10H2,1-2H3,(H2,11,12,13,14). The SMILES string of the molecule is CCNC(=O)NC(=O)C(C)S(=O)CCCN. The van der Waals surface area contributed by atoms with Crippen molar-refractivity contribution in [3.63, 3.8) is 0 Å². The molecule has 0 aromatic carbocycles. The van der Waals surface area contributed by atoms with Crippen LogP contribution in [0.2, 0.25) is 0 Å². The van der Waals surface area contributed by atoms with Gasteiger partial charge >= 0.3 is 6.03 Å². The van der Waals surface area contributed by atoms with Crippen LogP contribution in [0.5, 0.6) is 0 Å². The highest BCUT2D eigenvalue weighted by atomic mass is 32.2. The van der Waals surface area contributed by atoms with Crippen LogP contribution in [-0.2, 0) is 15.6 Å². The molecule has 0 bridgehead atoms. The molecular weight excluding hydrogens is 230 g/mol. The molecule has 0 saturated heterocycles. The lowest BCUT2D eigenvalue weighted by Crippen LogP contribution is -2.44. The van der Waals surface area contributed by atoms with E-state index in [9.17, 15) is 13.8 Å². The molecule has 4 N–H and O–H groups in total. The molecule has 16 heavy (non-hydrogen) atoms. The third-order valence-electron chi connectivity index (χ3n) is 1.89. The Morgan fingerprint density at radius 3 is 2.56 bits per heavy atom. The van der Waals surface area contributed by atoms with E-state index in [0.717, 1.165) is 0 Å². The lowest BCUT2D eigenvalue weighted by molar-refractivity contribution is -0.119. The molecule has 0 heterocycles. The summed E-state index contributed by atoms with van der Waals surface area (Å²) in [7, 11) is -1.29. The number of imide groups is 1. The first kappa shape index (κ1) is 15.0. The van der Waals surface area contributed by atoms with Gasteiger partial charge < -0.3 is 11.1 Å². The van der Waals surface area contributed by atoms with Gasteiger partial charge in [-0.2, -0.15) is 0 Å². The van der Waals surface area contributed by atoms with Gasteiger partial charge in [-0.05, 0) is 26.8 Å². The van der Waals surface area contributed by atoms with E-state index in [1.165, 1.54) is 6.92 Å². The molecule has 3 amide bonds. The molecular formula is C9H19N3O3S. The van der Waals surface area contributed by atoms with Crippen LogP contribution in [-0.4, -0.2) is 40.2 Å². The third kappa shape index (κ3) is 5.82. The smallest absolute Gasteiger partial charge is 0.321 e. The average Bonchev–Trinajstić information content (AvgIpc) is 2.24. The van der Waals surface area contributed by atoms with Gasteiger partial charge in [0.05, 0.1) is 0 Å². The molecule has 7 heteroatoms. The minimum atomic E-state index is -1.29. The summed E-state index contributed by atoms with van der Waals surface area (Å²) >= 11 is 0. The second-order valence-electron chi connectivity index (χ2n) is 3.22. The van der Waals surface area contributed by atoms with Crippen LogP contribution < -0.4 is 16.4 Å². The molecule has 6 nitrogen and oxygen atoms in total. The molecule has 2 atom stereocenters. The Kier molecular flexibility index (Phi) is 7.74. The second-order valence-corrected chi connectivity index (χ2v) is 5.09. The number of hydrogen-bond donors (Lipinski definition) is 3. The van der Waals surface area contributed by atoms with Crippen molar-refractivity contribution in [1.29, 1.82) is 0 Å². The van der Waals surface area contributed by atoms with Gasteiger partial charge in [-0.3, -0.25) is 14.3 Å². The predicted octanol–water partition coefficient (Wildman–Crippen LogP) is -0.682. The van der Waals surface area contributed by atoms with Crippen LogP contribution in [0, 0.1) is 0 Å². The summed E-state index contributed by atoms with van der Waals surface area (Å²) in [5.74, 6) is -0.151. The lowest BCUT2D eigenvalue weighted by Gasteiger charge is -2.11. The lowest BCUT2D eigenvalue weighted by atomic mass is 10.4.